The number of benzodiazepines with no additional fused rings is 1. The Labute approximate surface area is 226 Å². The van der Waals surface area contributed by atoms with Crippen molar-refractivity contribution in [2.45, 2.75) is 24.8 Å². The summed E-state index contributed by atoms with van der Waals surface area (Å²) < 4.78 is 50.6. The molecule has 0 spiro atoms. The molecule has 1 fully saturated rings. The summed E-state index contributed by atoms with van der Waals surface area (Å²) in [5, 5.41) is 14.1. The number of nitrogens with two attached hydrogens (primary N) is 1. The van der Waals surface area contributed by atoms with Crippen LogP contribution in [0.4, 0.5) is 24.5 Å². The molecule has 5 N–H and O–H groups in total. The normalized spacial score (nSPS) is 19.2. The minimum atomic E-state index is -4.64. The van der Waals surface area contributed by atoms with Crippen LogP contribution in [0.5, 0.6) is 0 Å². The molecule has 2 atom stereocenters. The molecule has 206 valence electrons. The number of aliphatic imine (C=N–C) groups is 2. The molecule has 40 heavy (non-hydrogen) atoms. The van der Waals surface area contributed by atoms with Crippen molar-refractivity contribution in [3.8, 4) is 0 Å². The monoisotopic (exact) mass is 551 g/mol. The van der Waals surface area contributed by atoms with Crippen LogP contribution in [-0.4, -0.2) is 53.9 Å². The number of nitrogens with zero attached hydrogens (tertiary/aromatic N) is 3. The number of carbonyl (C=O) groups is 1. The Morgan fingerprint density at radius 2 is 1.93 bits per heavy atom. The fourth-order valence-electron chi connectivity index (χ4n) is 4.24. The molecule has 2 aliphatic heterocycles. The second-order valence-corrected chi connectivity index (χ2v) is 8.97. The first kappa shape index (κ1) is 26.8. The SMILES string of the molecule is N=C(O/C(N)=N/[C@H]1N=C(c2ccccc2)c2ccccc2NC1=O)c1ncc(C(F)(F)F)cc1N[C@H]1CCOC1. The number of amidine groups is 1. The molecular weight excluding hydrogens is 527 g/mol. The van der Waals surface area contributed by atoms with E-state index in [0.29, 0.717) is 36.2 Å². The standard InChI is InChI=1S/C27H24F3N7O3/c28-27(29,30)16-12-20(34-17-10-11-39-14-17)22(33-13-16)23(31)40-26(32)37-24-25(38)35-19-9-5-4-8-18(19)21(36-24)15-6-2-1-3-7-15/h1-9,12-13,17,24,31,34H,10-11,14H2,(H2,32,37)(H,35,38)/t17-,24+/m0/s1. The van der Waals surface area contributed by atoms with Crippen LogP contribution in [-0.2, 0) is 20.4 Å². The number of fused-ring (bicyclic) bond motifs is 1. The smallest absolute Gasteiger partial charge is 0.405 e. The van der Waals surface area contributed by atoms with Crippen molar-refractivity contribution in [3.63, 3.8) is 0 Å². The van der Waals surface area contributed by atoms with Gasteiger partial charge < -0.3 is 25.8 Å². The topological polar surface area (TPSA) is 147 Å². The van der Waals surface area contributed by atoms with E-state index < -0.39 is 35.7 Å². The highest BCUT2D eigenvalue weighted by molar-refractivity contribution is 6.19. The van der Waals surface area contributed by atoms with Crippen LogP contribution >= 0.6 is 0 Å². The third-order valence-corrected chi connectivity index (χ3v) is 6.15. The quantitative estimate of drug-likeness (QED) is 0.280. The molecular formula is C27H24F3N7O3. The second-order valence-electron chi connectivity index (χ2n) is 8.97. The Balaban J connectivity index is 1.43. The predicted octanol–water partition coefficient (Wildman–Crippen LogP) is 3.77. The summed E-state index contributed by atoms with van der Waals surface area (Å²) in [5.74, 6) is -1.26. The molecule has 0 unspecified atom stereocenters. The number of anilines is 2. The van der Waals surface area contributed by atoms with Gasteiger partial charge in [-0.05, 0) is 18.6 Å². The first-order valence-electron chi connectivity index (χ1n) is 12.2. The van der Waals surface area contributed by atoms with Crippen LogP contribution in [0.1, 0.15) is 28.8 Å². The molecule has 3 aromatic rings. The second kappa shape index (κ2) is 11.1. The van der Waals surface area contributed by atoms with Gasteiger partial charge in [-0.1, -0.05) is 48.5 Å². The number of amides is 1. The van der Waals surface area contributed by atoms with E-state index in [1.807, 2.05) is 42.5 Å². The molecule has 1 amide bonds. The third-order valence-electron chi connectivity index (χ3n) is 6.15. The summed E-state index contributed by atoms with van der Waals surface area (Å²) in [5.41, 5.74) is 7.08. The zero-order valence-electron chi connectivity index (χ0n) is 20.9. The number of ether oxygens (including phenoxy) is 2. The largest absolute Gasteiger partial charge is 0.417 e. The molecule has 0 aliphatic carbocycles. The summed E-state index contributed by atoms with van der Waals surface area (Å²) in [6.07, 6.45) is -4.85. The van der Waals surface area contributed by atoms with Crippen molar-refractivity contribution < 1.29 is 27.4 Å². The van der Waals surface area contributed by atoms with Gasteiger partial charge in [0.15, 0.2) is 0 Å². The maximum Gasteiger partial charge on any atom is 0.417 e. The molecule has 3 heterocycles. The lowest BCUT2D eigenvalue weighted by Crippen LogP contribution is -2.30. The van der Waals surface area contributed by atoms with Gasteiger partial charge in [0.1, 0.15) is 5.69 Å². The summed E-state index contributed by atoms with van der Waals surface area (Å²) in [6.45, 7) is 0.736. The number of hydrogen-bond donors (Lipinski definition) is 4. The summed E-state index contributed by atoms with van der Waals surface area (Å²) >= 11 is 0. The van der Waals surface area contributed by atoms with E-state index in [0.717, 1.165) is 11.6 Å². The van der Waals surface area contributed by atoms with Crippen molar-refractivity contribution >= 4 is 34.9 Å². The first-order valence-corrected chi connectivity index (χ1v) is 12.2. The van der Waals surface area contributed by atoms with Gasteiger partial charge in [0.05, 0.1) is 35.3 Å². The molecule has 10 nitrogen and oxygen atoms in total. The lowest BCUT2D eigenvalue weighted by atomic mass is 10.0. The molecule has 5 rings (SSSR count). The highest BCUT2D eigenvalue weighted by Gasteiger charge is 2.33. The number of para-hydroxylation sites is 1. The Morgan fingerprint density at radius 1 is 1.18 bits per heavy atom. The Morgan fingerprint density at radius 3 is 2.65 bits per heavy atom. The highest BCUT2D eigenvalue weighted by Crippen LogP contribution is 2.32. The van der Waals surface area contributed by atoms with Gasteiger partial charge in [-0.3, -0.25) is 10.2 Å². The minimum absolute atomic E-state index is 0.0739. The summed E-state index contributed by atoms with van der Waals surface area (Å²) in [6, 6.07) is 16.3. The van der Waals surface area contributed by atoms with Crippen molar-refractivity contribution in [3.05, 3.63) is 89.2 Å². The highest BCUT2D eigenvalue weighted by atomic mass is 19.4. The van der Waals surface area contributed by atoms with E-state index in [9.17, 15) is 18.0 Å². The third kappa shape index (κ3) is 5.94. The van der Waals surface area contributed by atoms with Crippen LogP contribution in [0.15, 0.2) is 76.8 Å². The van der Waals surface area contributed by atoms with E-state index in [1.165, 1.54) is 0 Å². The Hall–Kier alpha value is -4.78. The molecule has 0 bridgehead atoms. The van der Waals surface area contributed by atoms with Crippen molar-refractivity contribution in [1.82, 2.24) is 4.98 Å². The van der Waals surface area contributed by atoms with E-state index >= 15 is 0 Å². The number of carbonyl (C=O) groups excluding carboxylic acids is 1. The predicted molar refractivity (Wildman–Crippen MR) is 143 cm³/mol. The van der Waals surface area contributed by atoms with Crippen molar-refractivity contribution in [1.29, 1.82) is 5.41 Å². The van der Waals surface area contributed by atoms with Crippen LogP contribution in [0.2, 0.25) is 0 Å². The average molecular weight is 552 g/mol. The van der Waals surface area contributed by atoms with Crippen LogP contribution in [0.3, 0.4) is 0 Å². The van der Waals surface area contributed by atoms with Crippen LogP contribution in [0, 0.1) is 5.41 Å². The lowest BCUT2D eigenvalue weighted by molar-refractivity contribution is -0.137. The maximum atomic E-state index is 13.3. The number of rotatable bonds is 5. The van der Waals surface area contributed by atoms with Gasteiger partial charge >= 0.3 is 6.18 Å². The molecule has 0 radical (unpaired) electrons. The minimum Gasteiger partial charge on any atom is -0.405 e. The summed E-state index contributed by atoms with van der Waals surface area (Å²) in [4.78, 5) is 25.4. The fourth-order valence-corrected chi connectivity index (χ4v) is 4.24. The Bertz CT molecular complexity index is 1490. The van der Waals surface area contributed by atoms with Crippen LogP contribution in [0.25, 0.3) is 0 Å². The van der Waals surface area contributed by atoms with E-state index in [1.54, 1.807) is 12.1 Å². The zero-order chi connectivity index (χ0) is 28.3. The molecule has 13 heteroatoms. The first-order chi connectivity index (χ1) is 19.2. The maximum absolute atomic E-state index is 13.3. The number of benzene rings is 2. The number of hydrogen-bond acceptors (Lipinski definition) is 8. The number of nitrogens with one attached hydrogen (secondary N) is 3. The van der Waals surface area contributed by atoms with E-state index in [-0.39, 0.29) is 24.0 Å². The van der Waals surface area contributed by atoms with Gasteiger partial charge in [-0.15, -0.1) is 0 Å². The number of aromatic nitrogens is 1. The molecule has 2 aliphatic rings. The summed E-state index contributed by atoms with van der Waals surface area (Å²) in [7, 11) is 0. The van der Waals surface area contributed by atoms with Gasteiger partial charge in [-0.2, -0.15) is 18.2 Å². The number of alkyl halides is 3. The molecule has 2 aromatic carbocycles. The van der Waals surface area contributed by atoms with E-state index in [4.69, 9.17) is 20.6 Å². The zero-order valence-corrected chi connectivity index (χ0v) is 20.9. The van der Waals surface area contributed by atoms with Gasteiger partial charge in [0.25, 0.3) is 11.9 Å². The van der Waals surface area contributed by atoms with Gasteiger partial charge in [-0.25, -0.2) is 9.98 Å². The lowest BCUT2D eigenvalue weighted by Gasteiger charge is -2.18. The number of pyridine rings is 1. The van der Waals surface area contributed by atoms with Crippen LogP contribution < -0.4 is 16.4 Å². The fraction of sp³-hybridized carbons (Fsp3) is 0.222. The van der Waals surface area contributed by atoms with Gasteiger partial charge in [0.2, 0.25) is 12.1 Å². The van der Waals surface area contributed by atoms with E-state index in [2.05, 4.69) is 25.6 Å². The average Bonchev–Trinajstić information content (AvgIpc) is 3.39. The molecule has 0 saturated carbocycles. The van der Waals surface area contributed by atoms with Gasteiger partial charge in [0, 0.05) is 23.9 Å². The van der Waals surface area contributed by atoms with Crippen molar-refractivity contribution in [2.24, 2.45) is 15.7 Å². The molecule has 1 aromatic heterocycles. The molecule has 1 saturated heterocycles. The number of halogens is 3. The van der Waals surface area contributed by atoms with Crippen molar-refractivity contribution in [2.75, 3.05) is 23.8 Å². The Kier molecular flexibility index (Phi) is 7.47.